The van der Waals surface area contributed by atoms with E-state index < -0.39 is 0 Å². The summed E-state index contributed by atoms with van der Waals surface area (Å²) < 4.78 is 0. The fraction of sp³-hybridized carbons (Fsp3) is 1.00. The number of nitrogens with two attached hydrogens (primary N) is 1. The van der Waals surface area contributed by atoms with Gasteiger partial charge in [0.2, 0.25) is 0 Å². The molecular weight excluding hydrogens is 138 g/mol. The van der Waals surface area contributed by atoms with E-state index in [0.29, 0.717) is 11.5 Å². The van der Waals surface area contributed by atoms with Crippen molar-refractivity contribution in [2.75, 3.05) is 0 Å². The van der Waals surface area contributed by atoms with Gasteiger partial charge in [-0.3, -0.25) is 0 Å². The number of hydrogen-bond acceptors (Lipinski definition) is 2. The Hall–Kier alpha value is -0.0800. The Balaban J connectivity index is 2.04. The van der Waals surface area contributed by atoms with Crippen LogP contribution in [0.15, 0.2) is 0 Å². The molecule has 0 spiro atoms. The monoisotopic (exact) mass is 155 g/mol. The zero-order valence-electron chi connectivity index (χ0n) is 7.34. The molecule has 0 amide bonds. The fourth-order valence-electron chi connectivity index (χ4n) is 2.73. The summed E-state index contributed by atoms with van der Waals surface area (Å²) in [5, 5.41) is 0. The number of rotatable bonds is 1. The van der Waals surface area contributed by atoms with Crippen LogP contribution in [0, 0.1) is 17.3 Å². The zero-order valence-corrected chi connectivity index (χ0v) is 7.34. The van der Waals surface area contributed by atoms with Gasteiger partial charge in [-0.05, 0) is 36.5 Å². The first-order valence-electron chi connectivity index (χ1n) is 4.49. The number of fused-ring (bicyclic) bond motifs is 1. The molecule has 2 heteroatoms. The summed E-state index contributed by atoms with van der Waals surface area (Å²) in [6.45, 7) is 4.67. The van der Waals surface area contributed by atoms with Crippen LogP contribution < -0.4 is 5.90 Å². The largest absolute Gasteiger partial charge is 0.301 e. The van der Waals surface area contributed by atoms with Gasteiger partial charge in [0.1, 0.15) is 0 Å². The standard InChI is InChI=1S/C9H17NO/c1-9(2)5-7(11-10)3-6-4-8(6)9/h6-8H,3-5,10H2,1-2H3. The van der Waals surface area contributed by atoms with Crippen LogP contribution >= 0.6 is 0 Å². The van der Waals surface area contributed by atoms with Gasteiger partial charge in [-0.1, -0.05) is 13.8 Å². The van der Waals surface area contributed by atoms with Crippen LogP contribution in [-0.2, 0) is 4.84 Å². The third-order valence-electron chi connectivity index (χ3n) is 3.44. The second-order valence-electron chi connectivity index (χ2n) is 4.79. The summed E-state index contributed by atoms with van der Waals surface area (Å²) in [6.07, 6.45) is 4.08. The molecule has 2 aliphatic rings. The molecule has 0 saturated heterocycles. The highest BCUT2D eigenvalue weighted by Crippen LogP contribution is 2.59. The van der Waals surface area contributed by atoms with Crippen LogP contribution in [0.1, 0.15) is 33.1 Å². The van der Waals surface area contributed by atoms with E-state index in [1.54, 1.807) is 0 Å². The molecule has 0 radical (unpaired) electrons. The summed E-state index contributed by atoms with van der Waals surface area (Å²) in [7, 11) is 0. The van der Waals surface area contributed by atoms with E-state index in [1.165, 1.54) is 12.8 Å². The van der Waals surface area contributed by atoms with E-state index >= 15 is 0 Å². The molecule has 2 N–H and O–H groups in total. The molecule has 64 valence electrons. The summed E-state index contributed by atoms with van der Waals surface area (Å²) in [5.74, 6) is 7.10. The first kappa shape index (κ1) is 7.56. The minimum absolute atomic E-state index is 0.328. The summed E-state index contributed by atoms with van der Waals surface area (Å²) in [6, 6.07) is 0. The lowest BCUT2D eigenvalue weighted by molar-refractivity contribution is -0.0116. The molecular formula is C9H17NO. The smallest absolute Gasteiger partial charge is 0.0795 e. The Labute approximate surface area is 68.1 Å². The van der Waals surface area contributed by atoms with E-state index in [4.69, 9.17) is 10.7 Å². The Morgan fingerprint density at radius 3 is 2.64 bits per heavy atom. The Morgan fingerprint density at radius 1 is 1.36 bits per heavy atom. The second kappa shape index (κ2) is 2.20. The maximum absolute atomic E-state index is 5.21. The normalized spacial score (nSPS) is 46.6. The van der Waals surface area contributed by atoms with Gasteiger partial charge >= 0.3 is 0 Å². The van der Waals surface area contributed by atoms with Crippen molar-refractivity contribution in [3.8, 4) is 0 Å². The quantitative estimate of drug-likeness (QED) is 0.585. The topological polar surface area (TPSA) is 35.2 Å². The van der Waals surface area contributed by atoms with Gasteiger partial charge in [0.05, 0.1) is 6.10 Å². The lowest BCUT2D eigenvalue weighted by Gasteiger charge is -2.33. The molecule has 0 heterocycles. The number of hydrogen-bond donors (Lipinski definition) is 1. The maximum atomic E-state index is 5.21. The average Bonchev–Trinajstić information content (AvgIpc) is 2.65. The van der Waals surface area contributed by atoms with Crippen LogP contribution in [0.5, 0.6) is 0 Å². The van der Waals surface area contributed by atoms with Gasteiger partial charge in [0, 0.05) is 0 Å². The van der Waals surface area contributed by atoms with Crippen molar-refractivity contribution in [1.29, 1.82) is 0 Å². The van der Waals surface area contributed by atoms with E-state index in [2.05, 4.69) is 13.8 Å². The summed E-state index contributed by atoms with van der Waals surface area (Å²) >= 11 is 0. The highest BCUT2D eigenvalue weighted by atomic mass is 16.6. The molecule has 0 aliphatic heterocycles. The van der Waals surface area contributed by atoms with E-state index in [0.717, 1.165) is 18.3 Å². The Morgan fingerprint density at radius 2 is 2.09 bits per heavy atom. The minimum atomic E-state index is 0.328. The van der Waals surface area contributed by atoms with E-state index in [-0.39, 0.29) is 0 Å². The van der Waals surface area contributed by atoms with Gasteiger partial charge in [0.15, 0.2) is 0 Å². The van der Waals surface area contributed by atoms with Crippen molar-refractivity contribution in [1.82, 2.24) is 0 Å². The molecule has 0 aromatic carbocycles. The molecule has 2 rings (SSSR count). The molecule has 3 atom stereocenters. The molecule has 0 bridgehead atoms. The maximum Gasteiger partial charge on any atom is 0.0795 e. The highest BCUT2D eigenvalue weighted by molar-refractivity contribution is 5.02. The van der Waals surface area contributed by atoms with Gasteiger partial charge < -0.3 is 4.84 Å². The van der Waals surface area contributed by atoms with Crippen molar-refractivity contribution in [3.05, 3.63) is 0 Å². The Kier molecular flexibility index (Phi) is 1.52. The lowest BCUT2D eigenvalue weighted by Crippen LogP contribution is -2.32. The molecule has 2 nitrogen and oxygen atoms in total. The van der Waals surface area contributed by atoms with Crippen LogP contribution in [0.3, 0.4) is 0 Å². The van der Waals surface area contributed by atoms with Crippen molar-refractivity contribution < 1.29 is 4.84 Å². The van der Waals surface area contributed by atoms with Crippen molar-refractivity contribution in [2.24, 2.45) is 23.1 Å². The molecule has 2 fully saturated rings. The van der Waals surface area contributed by atoms with Crippen molar-refractivity contribution >= 4 is 0 Å². The van der Waals surface area contributed by atoms with E-state index in [1.807, 2.05) is 0 Å². The summed E-state index contributed by atoms with van der Waals surface area (Å²) in [5.41, 5.74) is 0.479. The van der Waals surface area contributed by atoms with Gasteiger partial charge in [0.25, 0.3) is 0 Å². The lowest BCUT2D eigenvalue weighted by atomic mass is 9.76. The van der Waals surface area contributed by atoms with Gasteiger partial charge in [-0.25, -0.2) is 5.90 Å². The third kappa shape index (κ3) is 1.18. The van der Waals surface area contributed by atoms with Crippen LogP contribution in [0.2, 0.25) is 0 Å². The van der Waals surface area contributed by atoms with Gasteiger partial charge in [-0.15, -0.1) is 0 Å². The SMILES string of the molecule is CC1(C)CC(ON)CC2CC21. The van der Waals surface area contributed by atoms with Crippen LogP contribution in [-0.4, -0.2) is 6.10 Å². The van der Waals surface area contributed by atoms with Crippen molar-refractivity contribution in [3.63, 3.8) is 0 Å². The first-order valence-corrected chi connectivity index (χ1v) is 4.49. The van der Waals surface area contributed by atoms with Crippen LogP contribution in [0.25, 0.3) is 0 Å². The van der Waals surface area contributed by atoms with Gasteiger partial charge in [-0.2, -0.15) is 0 Å². The molecule has 0 aromatic heterocycles. The first-order chi connectivity index (χ1) is 5.13. The average molecular weight is 155 g/mol. The Bertz CT molecular complexity index is 167. The zero-order chi connectivity index (χ0) is 8.06. The predicted octanol–water partition coefficient (Wildman–Crippen LogP) is 1.70. The van der Waals surface area contributed by atoms with Crippen molar-refractivity contribution in [2.45, 2.75) is 39.2 Å². The molecule has 2 saturated carbocycles. The molecule has 0 aromatic rings. The second-order valence-corrected chi connectivity index (χ2v) is 4.79. The molecule has 2 aliphatic carbocycles. The third-order valence-corrected chi connectivity index (χ3v) is 3.44. The minimum Gasteiger partial charge on any atom is -0.301 e. The molecule has 11 heavy (non-hydrogen) atoms. The summed E-state index contributed by atoms with van der Waals surface area (Å²) in [4.78, 5) is 4.92. The van der Waals surface area contributed by atoms with E-state index in [9.17, 15) is 0 Å². The van der Waals surface area contributed by atoms with Crippen LogP contribution in [0.4, 0.5) is 0 Å². The highest BCUT2D eigenvalue weighted by Gasteiger charge is 2.52. The fourth-order valence-corrected chi connectivity index (χ4v) is 2.73. The predicted molar refractivity (Wildman–Crippen MR) is 43.7 cm³/mol. The molecule has 3 unspecified atom stereocenters.